The van der Waals surface area contributed by atoms with E-state index in [-0.39, 0.29) is 12.3 Å². The second kappa shape index (κ2) is 5.82. The molecule has 0 aromatic heterocycles. The van der Waals surface area contributed by atoms with Gasteiger partial charge in [0, 0.05) is 6.42 Å². The summed E-state index contributed by atoms with van der Waals surface area (Å²) in [5.74, 6) is -0.870. The Kier molecular flexibility index (Phi) is 4.36. The molecular weight excluding hydrogens is 190 g/mol. The van der Waals surface area contributed by atoms with Crippen LogP contribution >= 0.6 is 0 Å². The van der Waals surface area contributed by atoms with E-state index in [9.17, 15) is 4.79 Å². The van der Waals surface area contributed by atoms with Crippen molar-refractivity contribution in [2.45, 2.75) is 25.2 Å². The molecule has 1 rings (SSSR count). The minimum absolute atomic E-state index is 0.0525. The quantitative estimate of drug-likeness (QED) is 0.799. The van der Waals surface area contributed by atoms with Gasteiger partial charge in [-0.25, -0.2) is 0 Å². The highest BCUT2D eigenvalue weighted by Crippen LogP contribution is 2.24. The van der Waals surface area contributed by atoms with Gasteiger partial charge in [-0.05, 0) is 17.9 Å². The third kappa shape index (κ3) is 3.82. The van der Waals surface area contributed by atoms with Crippen LogP contribution in [0.1, 0.15) is 30.7 Å². The van der Waals surface area contributed by atoms with Crippen LogP contribution in [0.3, 0.4) is 0 Å². The molecule has 1 N–H and O–H groups in total. The molecule has 0 fully saturated rings. The fourth-order valence-corrected chi connectivity index (χ4v) is 1.56. The Morgan fingerprint density at radius 1 is 1.40 bits per heavy atom. The lowest BCUT2D eigenvalue weighted by atomic mass is 9.91. The molecule has 1 unspecified atom stereocenters. The Labute approximate surface area is 89.0 Å². The number of carbonyl (C=O) groups is 1. The smallest absolute Gasteiger partial charge is 0.303 e. The van der Waals surface area contributed by atoms with E-state index in [1.165, 1.54) is 0 Å². The molecule has 0 spiro atoms. The maximum absolute atomic E-state index is 10.7. The highest BCUT2D eigenvalue weighted by molar-refractivity contribution is 5.68. The lowest BCUT2D eigenvalue weighted by molar-refractivity contribution is -0.137. The fraction of sp³-hybridized carbons (Fsp3) is 0.333. The number of carboxylic acid groups (broad SMARTS) is 1. The van der Waals surface area contributed by atoms with Crippen LogP contribution < -0.4 is 0 Å². The molecule has 0 aliphatic carbocycles. The molecule has 0 radical (unpaired) electrons. The molecule has 0 saturated carbocycles. The topological polar surface area (TPSA) is 61.1 Å². The minimum Gasteiger partial charge on any atom is -0.481 e. The van der Waals surface area contributed by atoms with Gasteiger partial charge in [-0.15, -0.1) is 0 Å². The van der Waals surface area contributed by atoms with Crippen molar-refractivity contribution in [3.63, 3.8) is 0 Å². The van der Waals surface area contributed by atoms with Crippen molar-refractivity contribution < 1.29 is 9.90 Å². The van der Waals surface area contributed by atoms with Crippen LogP contribution in [0.2, 0.25) is 0 Å². The second-order valence-electron chi connectivity index (χ2n) is 3.40. The largest absolute Gasteiger partial charge is 0.481 e. The zero-order valence-corrected chi connectivity index (χ0v) is 8.39. The lowest BCUT2D eigenvalue weighted by Gasteiger charge is -2.13. The highest BCUT2D eigenvalue weighted by Gasteiger charge is 2.14. The SMILES string of the molecule is N#CCCC(CC(=O)O)c1ccccc1. The first-order valence-electron chi connectivity index (χ1n) is 4.87. The predicted molar refractivity (Wildman–Crippen MR) is 56.3 cm³/mol. The summed E-state index contributed by atoms with van der Waals surface area (Å²) in [6.07, 6.45) is 1.09. The first-order chi connectivity index (χ1) is 7.24. The molecule has 1 aromatic rings. The summed E-state index contributed by atoms with van der Waals surface area (Å²) >= 11 is 0. The fourth-order valence-electron chi connectivity index (χ4n) is 1.56. The Bertz CT molecular complexity index is 354. The van der Waals surface area contributed by atoms with E-state index in [2.05, 4.69) is 0 Å². The second-order valence-corrected chi connectivity index (χ2v) is 3.40. The molecule has 0 heterocycles. The standard InChI is InChI=1S/C12H13NO2/c13-8-4-7-11(9-12(14)15)10-5-2-1-3-6-10/h1-3,5-6,11H,4,7,9H2,(H,14,15). The van der Waals surface area contributed by atoms with E-state index < -0.39 is 5.97 Å². The summed E-state index contributed by atoms with van der Waals surface area (Å²) in [5.41, 5.74) is 0.996. The van der Waals surface area contributed by atoms with Crippen LogP contribution in [-0.4, -0.2) is 11.1 Å². The number of benzene rings is 1. The van der Waals surface area contributed by atoms with E-state index >= 15 is 0 Å². The molecule has 0 aliphatic rings. The summed E-state index contributed by atoms with van der Waals surface area (Å²) < 4.78 is 0. The van der Waals surface area contributed by atoms with Crippen molar-refractivity contribution >= 4 is 5.97 Å². The van der Waals surface area contributed by atoms with Crippen molar-refractivity contribution in [3.05, 3.63) is 35.9 Å². The average Bonchev–Trinajstić information content (AvgIpc) is 2.25. The van der Waals surface area contributed by atoms with E-state index in [4.69, 9.17) is 10.4 Å². The Balaban J connectivity index is 2.72. The van der Waals surface area contributed by atoms with Crippen molar-refractivity contribution in [3.8, 4) is 6.07 Å². The van der Waals surface area contributed by atoms with Crippen LogP contribution in [0, 0.1) is 11.3 Å². The van der Waals surface area contributed by atoms with Gasteiger partial charge in [-0.1, -0.05) is 30.3 Å². The number of nitrogens with zero attached hydrogens (tertiary/aromatic N) is 1. The molecule has 15 heavy (non-hydrogen) atoms. The molecule has 0 saturated heterocycles. The number of carboxylic acids is 1. The van der Waals surface area contributed by atoms with Gasteiger partial charge < -0.3 is 5.11 Å². The van der Waals surface area contributed by atoms with E-state index in [1.54, 1.807) is 0 Å². The van der Waals surface area contributed by atoms with Crippen molar-refractivity contribution in [1.82, 2.24) is 0 Å². The van der Waals surface area contributed by atoms with Gasteiger partial charge in [0.15, 0.2) is 0 Å². The molecular formula is C12H13NO2. The normalized spacial score (nSPS) is 11.7. The monoisotopic (exact) mass is 203 g/mol. The zero-order chi connectivity index (χ0) is 11.1. The predicted octanol–water partition coefficient (Wildman–Crippen LogP) is 2.55. The van der Waals surface area contributed by atoms with Crippen LogP contribution in [0.25, 0.3) is 0 Å². The number of aliphatic carboxylic acids is 1. The van der Waals surface area contributed by atoms with Crippen LogP contribution in [0.4, 0.5) is 0 Å². The number of hydrogen-bond donors (Lipinski definition) is 1. The average molecular weight is 203 g/mol. The number of hydrogen-bond acceptors (Lipinski definition) is 2. The van der Waals surface area contributed by atoms with Crippen LogP contribution in [0.5, 0.6) is 0 Å². The van der Waals surface area contributed by atoms with Gasteiger partial charge in [0.2, 0.25) is 0 Å². The first-order valence-corrected chi connectivity index (χ1v) is 4.87. The Hall–Kier alpha value is -1.82. The van der Waals surface area contributed by atoms with Gasteiger partial charge in [-0.3, -0.25) is 4.79 Å². The summed E-state index contributed by atoms with van der Waals surface area (Å²) in [4.78, 5) is 10.7. The molecule has 3 heteroatoms. The summed E-state index contributed by atoms with van der Waals surface area (Å²) in [5, 5.41) is 17.3. The molecule has 78 valence electrons. The van der Waals surface area contributed by atoms with Gasteiger partial charge in [0.05, 0.1) is 12.5 Å². The molecule has 3 nitrogen and oxygen atoms in total. The number of rotatable bonds is 5. The highest BCUT2D eigenvalue weighted by atomic mass is 16.4. The minimum atomic E-state index is -0.818. The van der Waals surface area contributed by atoms with Gasteiger partial charge in [-0.2, -0.15) is 5.26 Å². The molecule has 0 aliphatic heterocycles. The molecule has 0 amide bonds. The van der Waals surface area contributed by atoms with Gasteiger partial charge in [0.1, 0.15) is 0 Å². The van der Waals surface area contributed by atoms with Gasteiger partial charge >= 0.3 is 5.97 Å². The third-order valence-electron chi connectivity index (χ3n) is 2.30. The lowest BCUT2D eigenvalue weighted by Crippen LogP contribution is -2.06. The van der Waals surface area contributed by atoms with Crippen LogP contribution in [-0.2, 0) is 4.79 Å². The maximum Gasteiger partial charge on any atom is 0.303 e. The number of nitriles is 1. The summed E-state index contributed by atoms with van der Waals surface area (Å²) in [6, 6.07) is 11.5. The zero-order valence-electron chi connectivity index (χ0n) is 8.39. The van der Waals surface area contributed by atoms with Crippen molar-refractivity contribution in [2.75, 3.05) is 0 Å². The summed E-state index contributed by atoms with van der Waals surface area (Å²) in [6.45, 7) is 0. The molecule has 1 aromatic carbocycles. The molecule has 0 bridgehead atoms. The Morgan fingerprint density at radius 2 is 2.07 bits per heavy atom. The van der Waals surface area contributed by atoms with E-state index in [1.807, 2.05) is 36.4 Å². The maximum atomic E-state index is 10.7. The van der Waals surface area contributed by atoms with Crippen molar-refractivity contribution in [1.29, 1.82) is 5.26 Å². The summed E-state index contributed by atoms with van der Waals surface area (Å²) in [7, 11) is 0. The van der Waals surface area contributed by atoms with E-state index in [0.717, 1.165) is 5.56 Å². The third-order valence-corrected chi connectivity index (χ3v) is 2.30. The van der Waals surface area contributed by atoms with Gasteiger partial charge in [0.25, 0.3) is 0 Å². The first kappa shape index (κ1) is 11.3. The van der Waals surface area contributed by atoms with E-state index in [0.29, 0.717) is 12.8 Å². The van der Waals surface area contributed by atoms with Crippen LogP contribution in [0.15, 0.2) is 30.3 Å². The molecule has 1 atom stereocenters. The van der Waals surface area contributed by atoms with Crippen molar-refractivity contribution in [2.24, 2.45) is 0 Å². The Morgan fingerprint density at radius 3 is 2.60 bits per heavy atom.